The van der Waals surface area contributed by atoms with Gasteiger partial charge >= 0.3 is 0 Å². The first-order valence-electron chi connectivity index (χ1n) is 12.4. The molecular formula is C30H34N2O3S. The molecule has 0 aromatic heterocycles. The molecule has 5 nitrogen and oxygen atoms in total. The van der Waals surface area contributed by atoms with Gasteiger partial charge in [-0.25, -0.2) is 13.1 Å². The third-order valence-corrected chi connectivity index (χ3v) is 7.72. The quantitative estimate of drug-likeness (QED) is 0.315. The number of hydrogen-bond acceptors (Lipinski definition) is 4. The lowest BCUT2D eigenvalue weighted by Crippen LogP contribution is -2.39. The van der Waals surface area contributed by atoms with E-state index in [1.54, 1.807) is 12.1 Å². The maximum absolute atomic E-state index is 13.4. The van der Waals surface area contributed by atoms with Gasteiger partial charge in [0.25, 0.3) is 0 Å². The molecule has 0 saturated heterocycles. The molecule has 0 heterocycles. The van der Waals surface area contributed by atoms with E-state index in [0.29, 0.717) is 19.8 Å². The summed E-state index contributed by atoms with van der Waals surface area (Å²) >= 11 is 0. The van der Waals surface area contributed by atoms with Crippen LogP contribution in [0.4, 0.5) is 0 Å². The van der Waals surface area contributed by atoms with Gasteiger partial charge in [0.1, 0.15) is 0 Å². The molecule has 0 fully saturated rings. The van der Waals surface area contributed by atoms with Gasteiger partial charge in [-0.15, -0.1) is 0 Å². The highest BCUT2D eigenvalue weighted by molar-refractivity contribution is 7.89. The van der Waals surface area contributed by atoms with E-state index in [1.165, 1.54) is 5.57 Å². The van der Waals surface area contributed by atoms with Gasteiger partial charge in [-0.05, 0) is 48.6 Å². The molecule has 3 aromatic carbocycles. The average Bonchev–Trinajstić information content (AvgIpc) is 2.91. The van der Waals surface area contributed by atoms with Crippen LogP contribution in [0.3, 0.4) is 0 Å². The van der Waals surface area contributed by atoms with Gasteiger partial charge in [0.05, 0.1) is 30.2 Å². The molecule has 0 spiro atoms. The standard InChI is InChI=1S/C30H34N2O3S/c1-24-17-19-28(20-18-24)36(33,34)32-30(27-15-9-4-10-16-27)29(26-13-7-3-8-14-26)31-21-22-35-23-25-11-5-2-6-12-25/h2-5,7-11,13-20,29-32H,6,12,21-23H2,1H3. The van der Waals surface area contributed by atoms with Crippen LogP contribution < -0.4 is 10.0 Å². The predicted molar refractivity (Wildman–Crippen MR) is 145 cm³/mol. The van der Waals surface area contributed by atoms with Crippen molar-refractivity contribution in [2.75, 3.05) is 19.8 Å². The molecule has 188 valence electrons. The maximum Gasteiger partial charge on any atom is 0.241 e. The normalized spacial score (nSPS) is 15.3. The first kappa shape index (κ1) is 26.0. The Balaban J connectivity index is 1.55. The summed E-state index contributed by atoms with van der Waals surface area (Å²) in [5, 5.41) is 3.57. The van der Waals surface area contributed by atoms with E-state index in [4.69, 9.17) is 4.74 Å². The SMILES string of the molecule is Cc1ccc(S(=O)(=O)NC(c2ccccc2)C(NCCOCC2=CC=CCC2)c2ccccc2)cc1. The number of sulfonamides is 1. The molecule has 0 amide bonds. The zero-order chi connectivity index (χ0) is 25.2. The number of ether oxygens (including phenoxy) is 1. The average molecular weight is 503 g/mol. The van der Waals surface area contributed by atoms with Crippen molar-refractivity contribution in [2.45, 2.75) is 36.7 Å². The Morgan fingerprint density at radius 2 is 1.50 bits per heavy atom. The predicted octanol–water partition coefficient (Wildman–Crippen LogP) is 5.64. The Morgan fingerprint density at radius 1 is 0.861 bits per heavy atom. The van der Waals surface area contributed by atoms with Crippen molar-refractivity contribution in [3.05, 3.63) is 125 Å². The number of benzene rings is 3. The highest BCUT2D eigenvalue weighted by atomic mass is 32.2. The van der Waals surface area contributed by atoms with Gasteiger partial charge in [0.15, 0.2) is 0 Å². The summed E-state index contributed by atoms with van der Waals surface area (Å²) < 4.78 is 35.8. The fraction of sp³-hybridized carbons (Fsp3) is 0.267. The van der Waals surface area contributed by atoms with E-state index in [-0.39, 0.29) is 10.9 Å². The lowest BCUT2D eigenvalue weighted by atomic mass is 9.94. The van der Waals surface area contributed by atoms with Crippen LogP contribution in [-0.2, 0) is 14.8 Å². The first-order valence-corrected chi connectivity index (χ1v) is 13.9. The molecular weight excluding hydrogens is 468 g/mol. The van der Waals surface area contributed by atoms with Crippen LogP contribution in [0.5, 0.6) is 0 Å². The third kappa shape index (κ3) is 7.24. The molecule has 0 bridgehead atoms. The van der Waals surface area contributed by atoms with E-state index in [1.807, 2.05) is 79.7 Å². The molecule has 4 rings (SSSR count). The van der Waals surface area contributed by atoms with Crippen LogP contribution in [0, 0.1) is 6.92 Å². The minimum atomic E-state index is -3.76. The molecule has 0 saturated carbocycles. The molecule has 6 heteroatoms. The van der Waals surface area contributed by atoms with Gasteiger partial charge < -0.3 is 10.1 Å². The zero-order valence-electron chi connectivity index (χ0n) is 20.6. The number of nitrogens with one attached hydrogen (secondary N) is 2. The highest BCUT2D eigenvalue weighted by Crippen LogP contribution is 2.30. The van der Waals surface area contributed by atoms with Gasteiger partial charge in [-0.2, -0.15) is 0 Å². The number of aryl methyl sites for hydroxylation is 1. The van der Waals surface area contributed by atoms with E-state index < -0.39 is 16.1 Å². The molecule has 3 aromatic rings. The molecule has 2 atom stereocenters. The number of hydrogen-bond donors (Lipinski definition) is 2. The Morgan fingerprint density at radius 3 is 2.11 bits per heavy atom. The van der Waals surface area contributed by atoms with Crippen molar-refractivity contribution >= 4 is 10.0 Å². The smallest absolute Gasteiger partial charge is 0.241 e. The van der Waals surface area contributed by atoms with Crippen LogP contribution in [0.1, 0.15) is 41.6 Å². The summed E-state index contributed by atoms with van der Waals surface area (Å²) in [7, 11) is -3.76. The van der Waals surface area contributed by atoms with E-state index in [2.05, 4.69) is 28.3 Å². The third-order valence-electron chi connectivity index (χ3n) is 6.26. The molecule has 0 aliphatic heterocycles. The summed E-state index contributed by atoms with van der Waals surface area (Å²) in [4.78, 5) is 0.249. The van der Waals surface area contributed by atoms with Crippen LogP contribution in [0.15, 0.2) is 114 Å². The van der Waals surface area contributed by atoms with Crippen molar-refractivity contribution in [2.24, 2.45) is 0 Å². The molecule has 0 radical (unpaired) electrons. The molecule has 2 N–H and O–H groups in total. The Kier molecular flexibility index (Phi) is 9.25. The summed E-state index contributed by atoms with van der Waals surface area (Å²) in [5.74, 6) is 0. The van der Waals surface area contributed by atoms with Crippen molar-refractivity contribution in [1.82, 2.24) is 10.0 Å². The summed E-state index contributed by atoms with van der Waals surface area (Å²) in [6.07, 6.45) is 8.46. The fourth-order valence-corrected chi connectivity index (χ4v) is 5.53. The van der Waals surface area contributed by atoms with E-state index in [0.717, 1.165) is 29.5 Å². The summed E-state index contributed by atoms with van der Waals surface area (Å²) in [5.41, 5.74) is 4.19. The van der Waals surface area contributed by atoms with Crippen LogP contribution in [0.25, 0.3) is 0 Å². The van der Waals surface area contributed by atoms with Crippen LogP contribution in [0.2, 0.25) is 0 Å². The first-order chi connectivity index (χ1) is 17.5. The Labute approximate surface area is 215 Å². The molecule has 2 unspecified atom stereocenters. The minimum absolute atomic E-state index is 0.249. The highest BCUT2D eigenvalue weighted by Gasteiger charge is 2.29. The van der Waals surface area contributed by atoms with Gasteiger partial charge in [0.2, 0.25) is 10.0 Å². The summed E-state index contributed by atoms with van der Waals surface area (Å²) in [6, 6.07) is 25.8. The van der Waals surface area contributed by atoms with Crippen LogP contribution in [-0.4, -0.2) is 28.2 Å². The summed E-state index contributed by atoms with van der Waals surface area (Å²) in [6.45, 7) is 3.66. The number of allylic oxidation sites excluding steroid dienone is 3. The van der Waals surface area contributed by atoms with Gasteiger partial charge in [-0.3, -0.25) is 0 Å². The van der Waals surface area contributed by atoms with Crippen LogP contribution >= 0.6 is 0 Å². The minimum Gasteiger partial charge on any atom is -0.376 e. The monoisotopic (exact) mass is 502 g/mol. The van der Waals surface area contributed by atoms with Crippen molar-refractivity contribution in [3.63, 3.8) is 0 Å². The second-order valence-electron chi connectivity index (χ2n) is 9.01. The Hall–Kier alpha value is -3.03. The zero-order valence-corrected chi connectivity index (χ0v) is 21.5. The van der Waals surface area contributed by atoms with Crippen molar-refractivity contribution in [3.8, 4) is 0 Å². The van der Waals surface area contributed by atoms with Gasteiger partial charge in [-0.1, -0.05) is 96.6 Å². The second kappa shape index (κ2) is 12.8. The van der Waals surface area contributed by atoms with E-state index >= 15 is 0 Å². The van der Waals surface area contributed by atoms with Crippen molar-refractivity contribution in [1.29, 1.82) is 0 Å². The maximum atomic E-state index is 13.4. The molecule has 36 heavy (non-hydrogen) atoms. The largest absolute Gasteiger partial charge is 0.376 e. The topological polar surface area (TPSA) is 67.4 Å². The van der Waals surface area contributed by atoms with E-state index in [9.17, 15) is 8.42 Å². The lowest BCUT2D eigenvalue weighted by molar-refractivity contribution is 0.151. The Bertz CT molecular complexity index is 1250. The molecule has 1 aliphatic carbocycles. The fourth-order valence-electron chi connectivity index (χ4n) is 4.29. The lowest BCUT2D eigenvalue weighted by Gasteiger charge is -2.30. The van der Waals surface area contributed by atoms with Crippen molar-refractivity contribution < 1.29 is 13.2 Å². The number of rotatable bonds is 12. The molecule has 1 aliphatic rings. The van der Waals surface area contributed by atoms with Gasteiger partial charge in [0, 0.05) is 6.54 Å². The second-order valence-corrected chi connectivity index (χ2v) is 10.7.